The number of rotatable bonds is 2. The average molecular weight is 255 g/mol. The van der Waals surface area contributed by atoms with Gasteiger partial charge in [0, 0.05) is 6.04 Å². The lowest BCUT2D eigenvalue weighted by Crippen LogP contribution is -2.45. The van der Waals surface area contributed by atoms with Crippen LogP contribution in [0.1, 0.15) is 24.5 Å². The van der Waals surface area contributed by atoms with Crippen molar-refractivity contribution in [3.63, 3.8) is 0 Å². The fourth-order valence-electron chi connectivity index (χ4n) is 2.15. The molecule has 2 rings (SSSR count). The van der Waals surface area contributed by atoms with Crippen LogP contribution in [0.2, 0.25) is 0 Å². The molecule has 0 saturated carbocycles. The molecule has 0 aliphatic heterocycles. The van der Waals surface area contributed by atoms with Crippen LogP contribution in [0.5, 0.6) is 0 Å². The molecule has 3 N–H and O–H groups in total. The predicted octanol–water partition coefficient (Wildman–Crippen LogP) is 1.43. The van der Waals surface area contributed by atoms with E-state index in [1.54, 1.807) is 6.92 Å². The summed E-state index contributed by atoms with van der Waals surface area (Å²) in [7, 11) is 0. The first kappa shape index (κ1) is 14.0. The van der Waals surface area contributed by atoms with E-state index in [2.05, 4.69) is 29.6 Å². The molecule has 3 nitrogen and oxygen atoms in total. The molecule has 0 aromatic heterocycles. The lowest BCUT2D eigenvalue weighted by atomic mass is 9.88. The van der Waals surface area contributed by atoms with Crippen molar-refractivity contribution in [2.45, 2.75) is 38.3 Å². The minimum absolute atomic E-state index is 0. The third-order valence-electron chi connectivity index (χ3n) is 3.11. The maximum Gasteiger partial charge on any atom is 0.236 e. The summed E-state index contributed by atoms with van der Waals surface area (Å²) in [5.74, 6) is -0.0515. The lowest BCUT2D eigenvalue weighted by Gasteiger charge is -2.26. The Morgan fingerprint density at radius 3 is 2.71 bits per heavy atom. The second-order valence-corrected chi connectivity index (χ2v) is 4.51. The smallest absolute Gasteiger partial charge is 0.236 e. The predicted molar refractivity (Wildman–Crippen MR) is 71.3 cm³/mol. The molecule has 1 aromatic carbocycles. The molecule has 0 heterocycles. The molecular weight excluding hydrogens is 236 g/mol. The molecule has 0 saturated heterocycles. The van der Waals surface area contributed by atoms with Gasteiger partial charge in [-0.25, -0.2) is 0 Å². The molecule has 0 fully saturated rings. The number of nitrogens with one attached hydrogen (secondary N) is 1. The van der Waals surface area contributed by atoms with Gasteiger partial charge < -0.3 is 11.1 Å². The number of hydrogen-bond donors (Lipinski definition) is 2. The van der Waals surface area contributed by atoms with Crippen LogP contribution in [0.25, 0.3) is 0 Å². The van der Waals surface area contributed by atoms with Gasteiger partial charge in [-0.15, -0.1) is 12.4 Å². The molecule has 1 aromatic rings. The molecule has 17 heavy (non-hydrogen) atoms. The van der Waals surface area contributed by atoms with Gasteiger partial charge in [0.25, 0.3) is 0 Å². The van der Waals surface area contributed by atoms with Crippen LogP contribution in [-0.4, -0.2) is 18.0 Å². The minimum Gasteiger partial charge on any atom is -0.352 e. The molecule has 1 aliphatic carbocycles. The zero-order chi connectivity index (χ0) is 11.5. The van der Waals surface area contributed by atoms with Crippen molar-refractivity contribution in [3.05, 3.63) is 35.4 Å². The molecule has 2 atom stereocenters. The van der Waals surface area contributed by atoms with E-state index in [1.165, 1.54) is 11.1 Å². The highest BCUT2D eigenvalue weighted by molar-refractivity contribution is 5.85. The van der Waals surface area contributed by atoms with Crippen LogP contribution in [0.15, 0.2) is 24.3 Å². The summed E-state index contributed by atoms with van der Waals surface area (Å²) in [5, 5.41) is 3.00. The van der Waals surface area contributed by atoms with E-state index in [0.29, 0.717) is 0 Å². The van der Waals surface area contributed by atoms with Crippen LogP contribution in [0.3, 0.4) is 0 Å². The number of halogens is 1. The molecule has 0 spiro atoms. The molecule has 1 aliphatic rings. The Morgan fingerprint density at radius 2 is 2.06 bits per heavy atom. The SMILES string of the molecule is C[C@@H](N)C(=O)NC1CCc2ccccc2C1.Cl. The first-order valence-electron chi connectivity index (χ1n) is 5.79. The van der Waals surface area contributed by atoms with Gasteiger partial charge >= 0.3 is 0 Å². The van der Waals surface area contributed by atoms with E-state index in [0.717, 1.165) is 19.3 Å². The van der Waals surface area contributed by atoms with Crippen LogP contribution in [-0.2, 0) is 17.6 Å². The molecule has 1 unspecified atom stereocenters. The number of carbonyl (C=O) groups is 1. The molecule has 0 bridgehead atoms. The average Bonchev–Trinajstić information content (AvgIpc) is 2.28. The number of benzene rings is 1. The van der Waals surface area contributed by atoms with Crippen molar-refractivity contribution in [2.24, 2.45) is 5.73 Å². The Kier molecular flexibility index (Phi) is 4.97. The van der Waals surface area contributed by atoms with E-state index in [1.807, 2.05) is 0 Å². The van der Waals surface area contributed by atoms with Crippen LogP contribution < -0.4 is 11.1 Å². The summed E-state index contributed by atoms with van der Waals surface area (Å²) >= 11 is 0. The number of carbonyl (C=O) groups excluding carboxylic acids is 1. The normalized spacial score (nSPS) is 19.8. The monoisotopic (exact) mass is 254 g/mol. The maximum absolute atomic E-state index is 11.5. The van der Waals surface area contributed by atoms with Gasteiger partial charge in [-0.1, -0.05) is 24.3 Å². The Labute approximate surface area is 108 Å². The Morgan fingerprint density at radius 1 is 1.41 bits per heavy atom. The Bertz CT molecular complexity index is 393. The molecule has 1 amide bonds. The highest BCUT2D eigenvalue weighted by Gasteiger charge is 2.20. The van der Waals surface area contributed by atoms with E-state index in [9.17, 15) is 4.79 Å². The maximum atomic E-state index is 11.5. The lowest BCUT2D eigenvalue weighted by molar-refractivity contribution is -0.122. The molecule has 94 valence electrons. The van der Waals surface area contributed by atoms with Gasteiger partial charge in [-0.05, 0) is 37.3 Å². The third-order valence-corrected chi connectivity index (χ3v) is 3.11. The summed E-state index contributed by atoms with van der Waals surface area (Å²) in [6.45, 7) is 1.71. The van der Waals surface area contributed by atoms with Crippen LogP contribution in [0, 0.1) is 0 Å². The second kappa shape index (κ2) is 6.03. The zero-order valence-corrected chi connectivity index (χ0v) is 10.8. The van der Waals surface area contributed by atoms with Gasteiger partial charge in [0.15, 0.2) is 0 Å². The van der Waals surface area contributed by atoms with Gasteiger partial charge in [0.05, 0.1) is 6.04 Å². The Balaban J connectivity index is 0.00000144. The summed E-state index contributed by atoms with van der Waals surface area (Å²) in [4.78, 5) is 11.5. The summed E-state index contributed by atoms with van der Waals surface area (Å²) in [6, 6.07) is 8.25. The second-order valence-electron chi connectivity index (χ2n) is 4.51. The van der Waals surface area contributed by atoms with Crippen molar-refractivity contribution >= 4 is 18.3 Å². The number of hydrogen-bond acceptors (Lipinski definition) is 2. The number of aryl methyl sites for hydroxylation is 1. The van der Waals surface area contributed by atoms with Gasteiger partial charge in [-0.2, -0.15) is 0 Å². The molecule has 4 heteroatoms. The first-order chi connectivity index (χ1) is 7.66. The van der Waals surface area contributed by atoms with Crippen LogP contribution in [0.4, 0.5) is 0 Å². The summed E-state index contributed by atoms with van der Waals surface area (Å²) in [5.41, 5.74) is 8.30. The largest absolute Gasteiger partial charge is 0.352 e. The van der Waals surface area contributed by atoms with Gasteiger partial charge in [0.2, 0.25) is 5.91 Å². The highest BCUT2D eigenvalue weighted by atomic mass is 35.5. The topological polar surface area (TPSA) is 55.1 Å². The fourth-order valence-corrected chi connectivity index (χ4v) is 2.15. The molecular formula is C13H19ClN2O. The molecule has 0 radical (unpaired) electrons. The number of nitrogens with two attached hydrogens (primary N) is 1. The van der Waals surface area contributed by atoms with E-state index < -0.39 is 6.04 Å². The van der Waals surface area contributed by atoms with Crippen LogP contribution >= 0.6 is 12.4 Å². The minimum atomic E-state index is -0.419. The van der Waals surface area contributed by atoms with Crippen molar-refractivity contribution < 1.29 is 4.79 Å². The van der Waals surface area contributed by atoms with Gasteiger partial charge in [-0.3, -0.25) is 4.79 Å². The zero-order valence-electron chi connectivity index (χ0n) is 9.98. The summed E-state index contributed by atoms with van der Waals surface area (Å²) < 4.78 is 0. The van der Waals surface area contributed by atoms with E-state index >= 15 is 0 Å². The fraction of sp³-hybridized carbons (Fsp3) is 0.462. The van der Waals surface area contributed by atoms with E-state index in [4.69, 9.17) is 5.73 Å². The number of fused-ring (bicyclic) bond motifs is 1. The van der Waals surface area contributed by atoms with Crippen molar-refractivity contribution in [1.82, 2.24) is 5.32 Å². The standard InChI is InChI=1S/C13H18N2O.ClH/c1-9(14)13(16)15-12-7-6-10-4-2-3-5-11(10)8-12;/h2-5,9,12H,6-8,14H2,1H3,(H,15,16);1H/t9-,12?;/m1./s1. The Hall–Kier alpha value is -1.06. The number of amides is 1. The third kappa shape index (κ3) is 3.45. The van der Waals surface area contributed by atoms with Crippen molar-refractivity contribution in [2.75, 3.05) is 0 Å². The quantitative estimate of drug-likeness (QED) is 0.839. The van der Waals surface area contributed by atoms with Crippen molar-refractivity contribution in [3.8, 4) is 0 Å². The highest BCUT2D eigenvalue weighted by Crippen LogP contribution is 2.20. The van der Waals surface area contributed by atoms with Gasteiger partial charge in [0.1, 0.15) is 0 Å². The van der Waals surface area contributed by atoms with Crippen molar-refractivity contribution in [1.29, 1.82) is 0 Å². The summed E-state index contributed by atoms with van der Waals surface area (Å²) in [6.07, 6.45) is 2.98. The first-order valence-corrected chi connectivity index (χ1v) is 5.79. The van der Waals surface area contributed by atoms with E-state index in [-0.39, 0.29) is 24.4 Å².